The van der Waals surface area contributed by atoms with Crippen LogP contribution in [0.2, 0.25) is 0 Å². The fraction of sp³-hybridized carbons (Fsp3) is 0.368. The molecule has 146 valence electrons. The van der Waals surface area contributed by atoms with Crippen molar-refractivity contribution in [3.63, 3.8) is 0 Å². The van der Waals surface area contributed by atoms with Crippen LogP contribution in [0.25, 0.3) is 5.78 Å². The number of thioether (sulfide) groups is 1. The third kappa shape index (κ3) is 3.89. The number of anilines is 1. The molecule has 1 fully saturated rings. The number of carbonyl (C=O) groups is 1. The monoisotopic (exact) mass is 398 g/mol. The summed E-state index contributed by atoms with van der Waals surface area (Å²) < 4.78 is 1.70. The van der Waals surface area contributed by atoms with Gasteiger partial charge in [0.2, 0.25) is 11.1 Å². The highest BCUT2D eigenvalue weighted by atomic mass is 32.2. The number of phenolic OH excluding ortho intramolecular Hbond substituents is 1. The van der Waals surface area contributed by atoms with Gasteiger partial charge >= 0.3 is 0 Å². The van der Waals surface area contributed by atoms with Crippen molar-refractivity contribution >= 4 is 29.1 Å². The summed E-state index contributed by atoms with van der Waals surface area (Å²) in [4.78, 5) is 25.5. The van der Waals surface area contributed by atoms with Gasteiger partial charge in [0.15, 0.2) is 0 Å². The Balaban J connectivity index is 1.32. The van der Waals surface area contributed by atoms with E-state index in [-0.39, 0.29) is 11.7 Å². The highest BCUT2D eigenvalue weighted by Crippen LogP contribution is 2.21. The van der Waals surface area contributed by atoms with E-state index in [4.69, 9.17) is 0 Å². The maximum absolute atomic E-state index is 12.6. The van der Waals surface area contributed by atoms with Gasteiger partial charge in [0.25, 0.3) is 5.78 Å². The molecular formula is C19H22N6O2S. The molecule has 9 heteroatoms. The molecule has 0 bridgehead atoms. The number of benzene rings is 1. The van der Waals surface area contributed by atoms with E-state index in [2.05, 4.69) is 20.0 Å². The highest BCUT2D eigenvalue weighted by molar-refractivity contribution is 7.99. The van der Waals surface area contributed by atoms with Crippen LogP contribution in [0.4, 0.5) is 5.69 Å². The van der Waals surface area contributed by atoms with E-state index in [1.54, 1.807) is 16.6 Å². The van der Waals surface area contributed by atoms with Crippen molar-refractivity contribution < 1.29 is 9.90 Å². The average molecular weight is 398 g/mol. The van der Waals surface area contributed by atoms with E-state index in [9.17, 15) is 9.90 Å². The minimum atomic E-state index is 0.0927. The van der Waals surface area contributed by atoms with Crippen LogP contribution in [-0.4, -0.2) is 67.4 Å². The van der Waals surface area contributed by atoms with Gasteiger partial charge in [-0.1, -0.05) is 11.8 Å². The number of aromatic nitrogens is 4. The first-order valence-corrected chi connectivity index (χ1v) is 10.1. The van der Waals surface area contributed by atoms with Crippen LogP contribution >= 0.6 is 11.8 Å². The summed E-state index contributed by atoms with van der Waals surface area (Å²) in [5, 5.41) is 14.4. The molecule has 8 nitrogen and oxygen atoms in total. The van der Waals surface area contributed by atoms with Gasteiger partial charge in [-0.15, -0.1) is 5.10 Å². The van der Waals surface area contributed by atoms with Gasteiger partial charge in [0, 0.05) is 43.3 Å². The largest absolute Gasteiger partial charge is 0.508 e. The van der Waals surface area contributed by atoms with E-state index < -0.39 is 0 Å². The molecule has 0 spiro atoms. The lowest BCUT2D eigenvalue weighted by Crippen LogP contribution is -2.49. The molecule has 0 unspecified atom stereocenters. The maximum Gasteiger partial charge on any atom is 0.253 e. The third-order valence-electron chi connectivity index (χ3n) is 4.77. The Hall–Kier alpha value is -2.81. The Labute approximate surface area is 167 Å². The number of phenols is 1. The number of aromatic hydroxyl groups is 1. The fourth-order valence-electron chi connectivity index (χ4n) is 3.30. The van der Waals surface area contributed by atoms with Crippen LogP contribution in [-0.2, 0) is 4.79 Å². The minimum Gasteiger partial charge on any atom is -0.508 e. The molecule has 0 radical (unpaired) electrons. The Morgan fingerprint density at radius 1 is 1.11 bits per heavy atom. The quantitative estimate of drug-likeness (QED) is 0.672. The molecule has 1 aromatic carbocycles. The van der Waals surface area contributed by atoms with Crippen molar-refractivity contribution in [3.05, 3.63) is 41.7 Å². The van der Waals surface area contributed by atoms with Crippen molar-refractivity contribution in [2.45, 2.75) is 19.0 Å². The molecule has 1 N–H and O–H groups in total. The summed E-state index contributed by atoms with van der Waals surface area (Å²) in [7, 11) is 0. The van der Waals surface area contributed by atoms with Crippen molar-refractivity contribution in [3.8, 4) is 5.75 Å². The van der Waals surface area contributed by atoms with Crippen molar-refractivity contribution in [2.75, 3.05) is 36.8 Å². The van der Waals surface area contributed by atoms with Crippen LogP contribution < -0.4 is 4.90 Å². The molecule has 1 saturated heterocycles. The zero-order valence-electron chi connectivity index (χ0n) is 15.9. The summed E-state index contributed by atoms with van der Waals surface area (Å²) in [6, 6.07) is 9.12. The van der Waals surface area contributed by atoms with Crippen molar-refractivity contribution in [1.82, 2.24) is 24.5 Å². The number of piperazine rings is 1. The lowest BCUT2D eigenvalue weighted by atomic mass is 10.2. The summed E-state index contributed by atoms with van der Waals surface area (Å²) >= 11 is 1.35. The molecule has 4 rings (SSSR count). The summed E-state index contributed by atoms with van der Waals surface area (Å²) in [6.45, 7) is 6.79. The molecule has 3 aromatic rings. The molecule has 2 aromatic heterocycles. The molecule has 0 saturated carbocycles. The zero-order chi connectivity index (χ0) is 19.7. The number of rotatable bonds is 4. The molecule has 1 aliphatic rings. The van der Waals surface area contributed by atoms with Gasteiger partial charge in [0.1, 0.15) is 5.75 Å². The lowest BCUT2D eigenvalue weighted by molar-refractivity contribution is -0.128. The fourth-order valence-corrected chi connectivity index (χ4v) is 4.02. The van der Waals surface area contributed by atoms with Gasteiger partial charge in [-0.2, -0.15) is 4.98 Å². The van der Waals surface area contributed by atoms with Gasteiger partial charge in [-0.25, -0.2) is 9.50 Å². The Morgan fingerprint density at radius 2 is 1.82 bits per heavy atom. The number of nitrogens with zero attached hydrogens (tertiary/aromatic N) is 6. The number of fused-ring (bicyclic) bond motifs is 1. The lowest BCUT2D eigenvalue weighted by Gasteiger charge is -2.36. The number of aryl methyl sites for hydroxylation is 2. The van der Waals surface area contributed by atoms with Crippen LogP contribution in [0.15, 0.2) is 35.5 Å². The molecule has 3 heterocycles. The Bertz CT molecular complexity index is 996. The predicted molar refractivity (Wildman–Crippen MR) is 108 cm³/mol. The Kier molecular flexibility index (Phi) is 5.08. The third-order valence-corrected chi connectivity index (χ3v) is 5.59. The number of hydrogen-bond donors (Lipinski definition) is 1. The predicted octanol–water partition coefficient (Wildman–Crippen LogP) is 1.89. The average Bonchev–Trinajstić information content (AvgIpc) is 3.10. The van der Waals surface area contributed by atoms with Crippen molar-refractivity contribution in [1.29, 1.82) is 0 Å². The zero-order valence-corrected chi connectivity index (χ0v) is 16.7. The van der Waals surface area contributed by atoms with Gasteiger partial charge in [-0.3, -0.25) is 4.79 Å². The van der Waals surface area contributed by atoms with E-state index in [0.29, 0.717) is 29.8 Å². The van der Waals surface area contributed by atoms with E-state index in [0.717, 1.165) is 30.2 Å². The van der Waals surface area contributed by atoms with Gasteiger partial charge < -0.3 is 14.9 Å². The standard InChI is InChI=1S/C19H22N6O2S/c1-13-11-14(2)25-18(20-13)21-19(22-25)28-12-17(27)24-9-7-23(8-10-24)15-3-5-16(26)6-4-15/h3-6,11,26H,7-10,12H2,1-2H3. The number of hydrogen-bond acceptors (Lipinski definition) is 7. The highest BCUT2D eigenvalue weighted by Gasteiger charge is 2.22. The Morgan fingerprint density at radius 3 is 2.54 bits per heavy atom. The van der Waals surface area contributed by atoms with Gasteiger partial charge in [0.05, 0.1) is 5.75 Å². The number of amides is 1. The first kappa shape index (κ1) is 18.5. The number of carbonyl (C=O) groups excluding carboxylic acids is 1. The summed E-state index contributed by atoms with van der Waals surface area (Å²) in [5.74, 6) is 1.23. The second-order valence-electron chi connectivity index (χ2n) is 6.82. The first-order chi connectivity index (χ1) is 13.5. The summed E-state index contributed by atoms with van der Waals surface area (Å²) in [5.41, 5.74) is 2.93. The maximum atomic E-state index is 12.6. The first-order valence-electron chi connectivity index (χ1n) is 9.15. The normalized spacial score (nSPS) is 14.6. The summed E-state index contributed by atoms with van der Waals surface area (Å²) in [6.07, 6.45) is 0. The topological polar surface area (TPSA) is 86.9 Å². The molecule has 1 aliphatic heterocycles. The molecule has 28 heavy (non-hydrogen) atoms. The van der Waals surface area contributed by atoms with Gasteiger partial charge in [-0.05, 0) is 44.2 Å². The van der Waals surface area contributed by atoms with Crippen LogP contribution in [0, 0.1) is 13.8 Å². The van der Waals surface area contributed by atoms with E-state index >= 15 is 0 Å². The second kappa shape index (κ2) is 7.67. The van der Waals surface area contributed by atoms with Crippen LogP contribution in [0.1, 0.15) is 11.4 Å². The van der Waals surface area contributed by atoms with E-state index in [1.807, 2.05) is 36.9 Å². The van der Waals surface area contributed by atoms with E-state index in [1.165, 1.54) is 11.8 Å². The van der Waals surface area contributed by atoms with Crippen molar-refractivity contribution in [2.24, 2.45) is 0 Å². The minimum absolute atomic E-state index is 0.0927. The molecule has 1 amide bonds. The van der Waals surface area contributed by atoms with Crippen LogP contribution in [0.3, 0.4) is 0 Å². The SMILES string of the molecule is Cc1cc(C)n2nc(SCC(=O)N3CCN(c4ccc(O)cc4)CC3)nc2n1. The molecule has 0 aliphatic carbocycles. The molecular weight excluding hydrogens is 376 g/mol. The smallest absolute Gasteiger partial charge is 0.253 e. The molecule has 0 atom stereocenters. The van der Waals surface area contributed by atoms with Crippen LogP contribution in [0.5, 0.6) is 5.75 Å². The second-order valence-corrected chi connectivity index (χ2v) is 7.76.